The minimum Gasteiger partial charge on any atom is -0.309 e. The van der Waals surface area contributed by atoms with E-state index < -0.39 is 9.84 Å². The van der Waals surface area contributed by atoms with Crippen LogP contribution in [0.5, 0.6) is 0 Å². The fraction of sp³-hybridized carbons (Fsp3) is 0.700. The fourth-order valence-corrected chi connectivity index (χ4v) is 4.43. The van der Waals surface area contributed by atoms with Gasteiger partial charge in [-0.05, 0) is 13.3 Å². The summed E-state index contributed by atoms with van der Waals surface area (Å²) < 4.78 is 24.7. The van der Waals surface area contributed by atoms with Gasteiger partial charge in [0.2, 0.25) is 0 Å². The Labute approximate surface area is 110 Å². The first-order valence-electron chi connectivity index (χ1n) is 5.61. The standard InChI is InChI=1S/C10H15N3O3S2/c1-7(14)5-17-10-12-11-9(13(10)2)8-3-4-18(15,16)6-8/h8H,3-6H2,1-2H3/t8-/m0/s1. The maximum Gasteiger partial charge on any atom is 0.191 e. The lowest BCUT2D eigenvalue weighted by Crippen LogP contribution is -2.09. The van der Waals surface area contributed by atoms with Gasteiger partial charge in [0.05, 0.1) is 17.3 Å². The number of sulfone groups is 1. The van der Waals surface area contributed by atoms with Crippen molar-refractivity contribution >= 4 is 27.4 Å². The van der Waals surface area contributed by atoms with Crippen molar-refractivity contribution in [3.05, 3.63) is 5.82 Å². The summed E-state index contributed by atoms with van der Waals surface area (Å²) in [7, 11) is -1.11. The highest BCUT2D eigenvalue weighted by molar-refractivity contribution is 7.99. The van der Waals surface area contributed by atoms with E-state index >= 15 is 0 Å². The number of carbonyl (C=O) groups excluding carboxylic acids is 1. The average molecular weight is 289 g/mol. The zero-order valence-electron chi connectivity index (χ0n) is 10.3. The number of hydrogen-bond acceptors (Lipinski definition) is 6. The Morgan fingerprint density at radius 3 is 2.78 bits per heavy atom. The number of nitrogens with zero attached hydrogens (tertiary/aromatic N) is 3. The van der Waals surface area contributed by atoms with Crippen LogP contribution >= 0.6 is 11.8 Å². The molecule has 0 bridgehead atoms. The van der Waals surface area contributed by atoms with Crippen molar-refractivity contribution in [1.82, 2.24) is 14.8 Å². The molecule has 0 aromatic carbocycles. The largest absolute Gasteiger partial charge is 0.309 e. The number of thioether (sulfide) groups is 1. The van der Waals surface area contributed by atoms with Gasteiger partial charge in [0.1, 0.15) is 11.6 Å². The minimum absolute atomic E-state index is 0.0702. The van der Waals surface area contributed by atoms with Crippen molar-refractivity contribution in [1.29, 1.82) is 0 Å². The summed E-state index contributed by atoms with van der Waals surface area (Å²) >= 11 is 1.33. The van der Waals surface area contributed by atoms with Crippen molar-refractivity contribution in [3.8, 4) is 0 Å². The minimum atomic E-state index is -2.92. The van der Waals surface area contributed by atoms with Gasteiger partial charge in [0, 0.05) is 13.0 Å². The number of aromatic nitrogens is 3. The average Bonchev–Trinajstić information content (AvgIpc) is 2.79. The van der Waals surface area contributed by atoms with Crippen molar-refractivity contribution in [2.24, 2.45) is 7.05 Å². The Kier molecular flexibility index (Phi) is 3.76. The zero-order valence-corrected chi connectivity index (χ0v) is 11.9. The Balaban J connectivity index is 2.14. The highest BCUT2D eigenvalue weighted by Crippen LogP contribution is 2.29. The van der Waals surface area contributed by atoms with Gasteiger partial charge in [-0.2, -0.15) is 0 Å². The van der Waals surface area contributed by atoms with Crippen LogP contribution in [0.15, 0.2) is 5.16 Å². The smallest absolute Gasteiger partial charge is 0.191 e. The molecule has 0 spiro atoms. The van der Waals surface area contributed by atoms with Gasteiger partial charge in [0.15, 0.2) is 15.0 Å². The molecular weight excluding hydrogens is 274 g/mol. The molecule has 1 aliphatic rings. The number of hydrogen-bond donors (Lipinski definition) is 0. The molecule has 0 saturated carbocycles. The summed E-state index contributed by atoms with van der Waals surface area (Å²) in [4.78, 5) is 10.9. The molecule has 100 valence electrons. The van der Waals surface area contributed by atoms with E-state index in [1.807, 2.05) is 7.05 Å². The molecule has 1 atom stereocenters. The van der Waals surface area contributed by atoms with Crippen LogP contribution in [0.1, 0.15) is 25.1 Å². The highest BCUT2D eigenvalue weighted by atomic mass is 32.2. The normalized spacial score (nSPS) is 22.2. The quantitative estimate of drug-likeness (QED) is 0.746. The molecule has 0 unspecified atom stereocenters. The molecule has 0 N–H and O–H groups in total. The van der Waals surface area contributed by atoms with Crippen LogP contribution < -0.4 is 0 Å². The van der Waals surface area contributed by atoms with E-state index in [1.165, 1.54) is 18.7 Å². The summed E-state index contributed by atoms with van der Waals surface area (Å²) in [5, 5.41) is 8.72. The molecule has 1 aliphatic heterocycles. The van der Waals surface area contributed by atoms with Crippen molar-refractivity contribution in [3.63, 3.8) is 0 Å². The fourth-order valence-electron chi connectivity index (χ4n) is 1.97. The molecule has 1 saturated heterocycles. The highest BCUT2D eigenvalue weighted by Gasteiger charge is 2.32. The van der Waals surface area contributed by atoms with Crippen molar-refractivity contribution < 1.29 is 13.2 Å². The first-order valence-corrected chi connectivity index (χ1v) is 8.41. The van der Waals surface area contributed by atoms with Crippen molar-refractivity contribution in [2.75, 3.05) is 17.3 Å². The molecule has 6 nitrogen and oxygen atoms in total. The monoisotopic (exact) mass is 289 g/mol. The van der Waals surface area contributed by atoms with Crippen LogP contribution in [0.2, 0.25) is 0 Å². The third kappa shape index (κ3) is 2.92. The number of carbonyl (C=O) groups is 1. The predicted molar refractivity (Wildman–Crippen MR) is 68.4 cm³/mol. The molecule has 2 rings (SSSR count). The lowest BCUT2D eigenvalue weighted by atomic mass is 10.1. The van der Waals surface area contributed by atoms with E-state index in [9.17, 15) is 13.2 Å². The molecule has 18 heavy (non-hydrogen) atoms. The molecule has 0 aliphatic carbocycles. The van der Waals surface area contributed by atoms with Crippen LogP contribution in [-0.2, 0) is 21.7 Å². The molecule has 1 aromatic rings. The van der Waals surface area contributed by atoms with Crippen LogP contribution in [0.3, 0.4) is 0 Å². The second kappa shape index (κ2) is 5.00. The van der Waals surface area contributed by atoms with Crippen LogP contribution in [0.4, 0.5) is 0 Å². The predicted octanol–water partition coefficient (Wildman–Crippen LogP) is 0.398. The van der Waals surface area contributed by atoms with E-state index in [0.717, 1.165) is 0 Å². The van der Waals surface area contributed by atoms with E-state index in [4.69, 9.17) is 0 Å². The third-order valence-electron chi connectivity index (χ3n) is 2.87. The second-order valence-electron chi connectivity index (χ2n) is 4.49. The Morgan fingerprint density at radius 2 is 2.22 bits per heavy atom. The molecule has 0 amide bonds. The maximum atomic E-state index is 11.4. The topological polar surface area (TPSA) is 81.9 Å². The second-order valence-corrected chi connectivity index (χ2v) is 7.66. The van der Waals surface area contributed by atoms with Gasteiger partial charge in [-0.15, -0.1) is 10.2 Å². The first kappa shape index (κ1) is 13.5. The molecular formula is C10H15N3O3S2. The van der Waals surface area contributed by atoms with Gasteiger partial charge >= 0.3 is 0 Å². The SMILES string of the molecule is CC(=O)CSc1nnc([C@H]2CCS(=O)(=O)C2)n1C. The van der Waals surface area contributed by atoms with Gasteiger partial charge < -0.3 is 4.57 Å². The molecule has 2 heterocycles. The molecule has 8 heteroatoms. The van der Waals surface area contributed by atoms with Crippen LogP contribution in [0, 0.1) is 0 Å². The van der Waals surface area contributed by atoms with Gasteiger partial charge in [-0.3, -0.25) is 4.79 Å². The first-order chi connectivity index (χ1) is 8.39. The lowest BCUT2D eigenvalue weighted by Gasteiger charge is -2.07. The summed E-state index contributed by atoms with van der Waals surface area (Å²) in [5.41, 5.74) is 0. The van der Waals surface area contributed by atoms with Crippen LogP contribution in [0.25, 0.3) is 0 Å². The zero-order chi connectivity index (χ0) is 13.3. The number of ketones is 1. The lowest BCUT2D eigenvalue weighted by molar-refractivity contribution is -0.114. The summed E-state index contributed by atoms with van der Waals surface area (Å²) in [6, 6.07) is 0. The Hall–Kier alpha value is -0.890. The Morgan fingerprint density at radius 1 is 1.50 bits per heavy atom. The molecule has 1 fully saturated rings. The van der Waals surface area contributed by atoms with Gasteiger partial charge in [-0.25, -0.2) is 8.42 Å². The van der Waals surface area contributed by atoms with Gasteiger partial charge in [0.25, 0.3) is 0 Å². The van der Waals surface area contributed by atoms with E-state index in [0.29, 0.717) is 23.2 Å². The Bertz CT molecular complexity index is 565. The van der Waals surface area contributed by atoms with Crippen LogP contribution in [-0.4, -0.2) is 46.2 Å². The van der Waals surface area contributed by atoms with E-state index in [-0.39, 0.29) is 23.2 Å². The van der Waals surface area contributed by atoms with Gasteiger partial charge in [-0.1, -0.05) is 11.8 Å². The third-order valence-corrected chi connectivity index (χ3v) is 5.80. The summed E-state index contributed by atoms with van der Waals surface area (Å²) in [6.07, 6.45) is 0.603. The van der Waals surface area contributed by atoms with E-state index in [1.54, 1.807) is 4.57 Å². The maximum absolute atomic E-state index is 11.4. The molecule has 0 radical (unpaired) electrons. The van der Waals surface area contributed by atoms with E-state index in [2.05, 4.69) is 10.2 Å². The number of Topliss-reactive ketones (excluding diaryl/α,β-unsaturated/α-hetero) is 1. The van der Waals surface area contributed by atoms with Crippen molar-refractivity contribution in [2.45, 2.75) is 24.4 Å². The summed E-state index contributed by atoms with van der Waals surface area (Å²) in [5.74, 6) is 1.43. The molecule has 1 aromatic heterocycles. The summed E-state index contributed by atoms with van der Waals surface area (Å²) in [6.45, 7) is 1.52. The number of rotatable bonds is 4.